The Morgan fingerprint density at radius 2 is 2.20 bits per heavy atom. The summed E-state index contributed by atoms with van der Waals surface area (Å²) in [5.41, 5.74) is 2.12. The Balaban J connectivity index is 1.37. The van der Waals surface area contributed by atoms with Gasteiger partial charge in [0.1, 0.15) is 5.75 Å². The number of hydrogen-bond acceptors (Lipinski definition) is 5. The van der Waals surface area contributed by atoms with Gasteiger partial charge in [-0.3, -0.25) is 4.79 Å². The van der Waals surface area contributed by atoms with Gasteiger partial charge in [0.15, 0.2) is 0 Å². The van der Waals surface area contributed by atoms with E-state index < -0.39 is 0 Å². The number of benzene rings is 1. The molecule has 0 unspecified atom stereocenters. The minimum atomic E-state index is 0.0740. The first-order valence-corrected chi connectivity index (χ1v) is 8.66. The molecule has 1 aromatic carbocycles. The highest BCUT2D eigenvalue weighted by Gasteiger charge is 2.37. The molecule has 25 heavy (non-hydrogen) atoms. The summed E-state index contributed by atoms with van der Waals surface area (Å²) >= 11 is 0. The van der Waals surface area contributed by atoms with Crippen molar-refractivity contribution in [3.05, 3.63) is 41.7 Å². The highest BCUT2D eigenvalue weighted by atomic mass is 16.5. The normalized spacial score (nSPS) is 22.2. The Kier molecular flexibility index (Phi) is 4.40. The molecule has 132 valence electrons. The van der Waals surface area contributed by atoms with Crippen molar-refractivity contribution < 1.29 is 14.3 Å². The lowest BCUT2D eigenvalue weighted by Crippen LogP contribution is -2.49. The number of nitrogens with zero attached hydrogens (tertiary/aromatic N) is 4. The fraction of sp³-hybridized carbons (Fsp3) is 0.500. The van der Waals surface area contributed by atoms with E-state index in [4.69, 9.17) is 9.47 Å². The largest absolute Gasteiger partial charge is 0.497 e. The number of piperidine rings is 1. The molecule has 2 atom stereocenters. The number of fused-ring (bicyclic) bond motifs is 3. The number of hydrogen-bond donors (Lipinski definition) is 0. The number of methoxy groups -OCH3 is 1. The molecular weight excluding hydrogens is 320 g/mol. The number of ether oxygens (including phenoxy) is 2. The summed E-state index contributed by atoms with van der Waals surface area (Å²) in [5.74, 6) is 1.01. The molecule has 0 saturated carbocycles. The number of rotatable bonds is 4. The maximum atomic E-state index is 12.6. The number of likely N-dealkylation sites (tertiary alicyclic amines) is 1. The van der Waals surface area contributed by atoms with Gasteiger partial charge in [0, 0.05) is 19.5 Å². The van der Waals surface area contributed by atoms with Crippen LogP contribution >= 0.6 is 0 Å². The van der Waals surface area contributed by atoms with Crippen molar-refractivity contribution in [1.82, 2.24) is 19.9 Å². The average Bonchev–Trinajstić information content (AvgIpc) is 3.15. The second-order valence-corrected chi connectivity index (χ2v) is 6.56. The molecule has 0 spiro atoms. The van der Waals surface area contributed by atoms with Gasteiger partial charge in [0.25, 0.3) is 0 Å². The van der Waals surface area contributed by atoms with Crippen LogP contribution in [0.15, 0.2) is 30.5 Å². The van der Waals surface area contributed by atoms with Crippen molar-refractivity contribution in [2.24, 2.45) is 0 Å². The molecule has 2 aliphatic heterocycles. The highest BCUT2D eigenvalue weighted by molar-refractivity contribution is 5.76. The lowest BCUT2D eigenvalue weighted by Gasteiger charge is -2.41. The van der Waals surface area contributed by atoms with Crippen molar-refractivity contribution in [1.29, 1.82) is 0 Å². The standard InChI is InChI=1S/C18H22N4O3/c1-24-15-5-2-13(3-6-15)4-7-18(23)21-9-8-17-16(11-21)22-14(12-25-17)10-19-20-22/h2-3,5-6,10,16-17H,4,7-9,11-12H2,1H3/t16-,17+/m1/s1. The van der Waals surface area contributed by atoms with Gasteiger partial charge in [-0.25, -0.2) is 4.68 Å². The molecule has 2 aliphatic rings. The zero-order valence-corrected chi connectivity index (χ0v) is 14.3. The molecule has 1 fully saturated rings. The minimum Gasteiger partial charge on any atom is -0.497 e. The molecule has 0 N–H and O–H groups in total. The molecule has 1 aromatic heterocycles. The average molecular weight is 342 g/mol. The van der Waals surface area contributed by atoms with Gasteiger partial charge in [-0.2, -0.15) is 0 Å². The van der Waals surface area contributed by atoms with E-state index in [9.17, 15) is 4.79 Å². The SMILES string of the molecule is COc1ccc(CCC(=O)N2CC[C@@H]3OCc4cnnn4[C@@H]3C2)cc1. The van der Waals surface area contributed by atoms with Gasteiger partial charge in [-0.15, -0.1) is 5.10 Å². The van der Waals surface area contributed by atoms with Crippen molar-refractivity contribution in [2.45, 2.75) is 38.0 Å². The summed E-state index contributed by atoms with van der Waals surface area (Å²) < 4.78 is 13.0. The van der Waals surface area contributed by atoms with Crippen molar-refractivity contribution in [3.63, 3.8) is 0 Å². The van der Waals surface area contributed by atoms with E-state index in [1.165, 1.54) is 0 Å². The summed E-state index contributed by atoms with van der Waals surface area (Å²) in [6.07, 6.45) is 3.95. The smallest absolute Gasteiger partial charge is 0.222 e. The molecule has 4 rings (SSSR count). The van der Waals surface area contributed by atoms with E-state index in [0.29, 0.717) is 19.6 Å². The van der Waals surface area contributed by atoms with Gasteiger partial charge in [-0.1, -0.05) is 17.3 Å². The van der Waals surface area contributed by atoms with E-state index in [1.54, 1.807) is 13.3 Å². The molecule has 0 radical (unpaired) electrons. The van der Waals surface area contributed by atoms with E-state index in [0.717, 1.165) is 36.4 Å². The van der Waals surface area contributed by atoms with Gasteiger partial charge >= 0.3 is 0 Å². The first-order valence-electron chi connectivity index (χ1n) is 8.66. The number of aromatic nitrogens is 3. The summed E-state index contributed by atoms with van der Waals surface area (Å²) in [6.45, 7) is 1.94. The minimum absolute atomic E-state index is 0.0740. The molecule has 0 bridgehead atoms. The lowest BCUT2D eigenvalue weighted by molar-refractivity contribution is -0.138. The number of amides is 1. The fourth-order valence-electron chi connectivity index (χ4n) is 3.61. The third kappa shape index (κ3) is 3.24. The summed E-state index contributed by atoms with van der Waals surface area (Å²) in [6, 6.07) is 7.95. The number of carbonyl (C=O) groups excluding carboxylic acids is 1. The zero-order chi connectivity index (χ0) is 17.2. The molecule has 1 amide bonds. The second-order valence-electron chi connectivity index (χ2n) is 6.56. The number of aryl methyl sites for hydroxylation is 1. The summed E-state index contributed by atoms with van der Waals surface area (Å²) in [7, 11) is 1.65. The maximum Gasteiger partial charge on any atom is 0.222 e. The summed E-state index contributed by atoms with van der Waals surface area (Å²) in [5, 5.41) is 8.16. The van der Waals surface area contributed by atoms with Crippen molar-refractivity contribution in [2.75, 3.05) is 20.2 Å². The predicted octanol–water partition coefficient (Wildman–Crippen LogP) is 1.59. The van der Waals surface area contributed by atoms with Crippen LogP contribution in [0.4, 0.5) is 0 Å². The Labute approximate surface area is 146 Å². The highest BCUT2D eigenvalue weighted by Crippen LogP contribution is 2.30. The van der Waals surface area contributed by atoms with E-state index in [1.807, 2.05) is 33.8 Å². The number of carbonyl (C=O) groups is 1. The fourth-order valence-corrected chi connectivity index (χ4v) is 3.61. The molecule has 7 nitrogen and oxygen atoms in total. The lowest BCUT2D eigenvalue weighted by atomic mass is 9.99. The van der Waals surface area contributed by atoms with Gasteiger partial charge in [0.2, 0.25) is 5.91 Å². The van der Waals surface area contributed by atoms with Crippen LogP contribution in [0.1, 0.15) is 30.1 Å². The molecule has 3 heterocycles. The zero-order valence-electron chi connectivity index (χ0n) is 14.3. The molecule has 0 aliphatic carbocycles. The van der Waals surface area contributed by atoms with Gasteiger partial charge < -0.3 is 14.4 Å². The first-order chi connectivity index (χ1) is 12.2. The molecule has 2 aromatic rings. The quantitative estimate of drug-likeness (QED) is 0.844. The molecule has 1 saturated heterocycles. The third-order valence-electron chi connectivity index (χ3n) is 5.07. The second kappa shape index (κ2) is 6.84. The Hall–Kier alpha value is -2.41. The van der Waals surface area contributed by atoms with Crippen LogP contribution < -0.4 is 4.74 Å². The monoisotopic (exact) mass is 342 g/mol. The summed E-state index contributed by atoms with van der Waals surface area (Å²) in [4.78, 5) is 14.6. The van der Waals surface area contributed by atoms with Crippen LogP contribution in [-0.2, 0) is 22.6 Å². The Morgan fingerprint density at radius 1 is 1.36 bits per heavy atom. The Bertz CT molecular complexity index is 743. The predicted molar refractivity (Wildman–Crippen MR) is 90.1 cm³/mol. The van der Waals surface area contributed by atoms with Crippen molar-refractivity contribution >= 4 is 5.91 Å². The van der Waals surface area contributed by atoms with E-state index in [2.05, 4.69) is 10.3 Å². The third-order valence-corrected chi connectivity index (χ3v) is 5.07. The first kappa shape index (κ1) is 16.1. The van der Waals surface area contributed by atoms with Crippen LogP contribution in [0.5, 0.6) is 5.75 Å². The van der Waals surface area contributed by atoms with Gasteiger partial charge in [-0.05, 0) is 30.5 Å². The van der Waals surface area contributed by atoms with E-state index >= 15 is 0 Å². The van der Waals surface area contributed by atoms with E-state index in [-0.39, 0.29) is 18.1 Å². The molecule has 7 heteroatoms. The Morgan fingerprint density at radius 3 is 3.00 bits per heavy atom. The van der Waals surface area contributed by atoms with Crippen LogP contribution in [0.25, 0.3) is 0 Å². The van der Waals surface area contributed by atoms with Gasteiger partial charge in [0.05, 0.1) is 37.8 Å². The maximum absolute atomic E-state index is 12.6. The van der Waals surface area contributed by atoms with Crippen LogP contribution in [0.3, 0.4) is 0 Å². The molecular formula is C18H22N4O3. The van der Waals surface area contributed by atoms with Crippen molar-refractivity contribution in [3.8, 4) is 5.75 Å². The van der Waals surface area contributed by atoms with Crippen LogP contribution in [0, 0.1) is 0 Å². The van der Waals surface area contributed by atoms with Crippen LogP contribution in [0.2, 0.25) is 0 Å². The van der Waals surface area contributed by atoms with Crippen LogP contribution in [-0.4, -0.2) is 52.1 Å². The topological polar surface area (TPSA) is 69.5 Å².